The fourth-order valence-electron chi connectivity index (χ4n) is 3.56. The van der Waals surface area contributed by atoms with Gasteiger partial charge in [-0.25, -0.2) is 0 Å². The minimum atomic E-state index is 0.986. The van der Waals surface area contributed by atoms with Crippen molar-refractivity contribution in [3.63, 3.8) is 0 Å². The monoisotopic (exact) mass is 390 g/mol. The van der Waals surface area contributed by atoms with Gasteiger partial charge in [0.25, 0.3) is 0 Å². The molecule has 0 aliphatic rings. The van der Waals surface area contributed by atoms with Crippen molar-refractivity contribution in [3.05, 3.63) is 94.6 Å². The highest BCUT2D eigenvalue weighted by molar-refractivity contribution is 5.88. The lowest BCUT2D eigenvalue weighted by atomic mass is 9.85. The summed E-state index contributed by atoms with van der Waals surface area (Å²) in [5.41, 5.74) is 11.4. The molecule has 0 bridgehead atoms. The smallest absolute Gasteiger partial charge is 0.0106 e. The van der Waals surface area contributed by atoms with Crippen LogP contribution in [-0.2, 0) is 6.42 Å². The first-order chi connectivity index (χ1) is 13.9. The van der Waals surface area contributed by atoms with E-state index in [0.29, 0.717) is 0 Å². The summed E-state index contributed by atoms with van der Waals surface area (Å²) in [6.07, 6.45) is 3.98. The van der Waals surface area contributed by atoms with E-state index in [2.05, 4.69) is 84.2 Å². The molecule has 0 saturated heterocycles. The lowest BCUT2D eigenvalue weighted by Crippen LogP contribution is -2.00. The average Bonchev–Trinajstić information content (AvgIpc) is 2.76. The topological polar surface area (TPSA) is 0 Å². The van der Waals surface area contributed by atoms with Crippen LogP contribution in [0.5, 0.6) is 0 Å². The van der Waals surface area contributed by atoms with Gasteiger partial charge in [-0.05, 0) is 78.1 Å². The molecule has 0 fully saturated rings. The van der Waals surface area contributed by atoms with E-state index in [4.69, 9.17) is 0 Å². The van der Waals surface area contributed by atoms with E-state index in [1.54, 1.807) is 0 Å². The van der Waals surface area contributed by atoms with Crippen LogP contribution in [0.3, 0.4) is 0 Å². The summed E-state index contributed by atoms with van der Waals surface area (Å²) in [5, 5.41) is 0. The van der Waals surface area contributed by atoms with Crippen LogP contribution in [0.25, 0.3) is 11.1 Å². The van der Waals surface area contributed by atoms with E-state index in [1.807, 2.05) is 33.8 Å². The molecule has 0 spiro atoms. The van der Waals surface area contributed by atoms with Crippen molar-refractivity contribution in [2.24, 2.45) is 0 Å². The molecule has 0 amide bonds. The molecule has 0 heterocycles. The summed E-state index contributed by atoms with van der Waals surface area (Å²) in [4.78, 5) is 0. The van der Waals surface area contributed by atoms with Crippen molar-refractivity contribution in [3.8, 4) is 0 Å². The molecule has 2 aromatic carbocycles. The van der Waals surface area contributed by atoms with Gasteiger partial charge < -0.3 is 0 Å². The first-order valence-electron chi connectivity index (χ1n) is 11.2. The van der Waals surface area contributed by atoms with Crippen LogP contribution in [0.2, 0.25) is 0 Å². The molecule has 0 unspecified atom stereocenters. The molecule has 29 heavy (non-hydrogen) atoms. The fraction of sp³-hybridized carbons (Fsp3) is 0.379. The second kappa shape index (κ2) is 13.8. The Morgan fingerprint density at radius 1 is 0.931 bits per heavy atom. The quantitative estimate of drug-likeness (QED) is 0.431. The van der Waals surface area contributed by atoms with E-state index in [-0.39, 0.29) is 0 Å². The molecule has 0 radical (unpaired) electrons. The van der Waals surface area contributed by atoms with Gasteiger partial charge in [0.2, 0.25) is 0 Å². The van der Waals surface area contributed by atoms with Gasteiger partial charge in [0, 0.05) is 0 Å². The highest BCUT2D eigenvalue weighted by Gasteiger charge is 2.15. The number of allylic oxidation sites excluding steroid dienone is 3. The van der Waals surface area contributed by atoms with Crippen molar-refractivity contribution in [1.29, 1.82) is 0 Å². The third-order valence-corrected chi connectivity index (χ3v) is 5.05. The third kappa shape index (κ3) is 6.60. The fourth-order valence-corrected chi connectivity index (χ4v) is 3.56. The molecule has 0 aromatic heterocycles. The Hall–Kier alpha value is -2.34. The zero-order valence-corrected chi connectivity index (χ0v) is 20.4. The molecule has 0 aliphatic heterocycles. The molecule has 0 atom stereocenters. The van der Waals surface area contributed by atoms with Gasteiger partial charge in [0.05, 0.1) is 0 Å². The Labute approximate surface area is 181 Å². The molecular formula is C29H42. The lowest BCUT2D eigenvalue weighted by molar-refractivity contribution is 1.12. The predicted molar refractivity (Wildman–Crippen MR) is 136 cm³/mol. The van der Waals surface area contributed by atoms with Crippen molar-refractivity contribution in [2.75, 3.05) is 0 Å². The van der Waals surface area contributed by atoms with E-state index in [1.165, 1.54) is 44.5 Å². The van der Waals surface area contributed by atoms with Crippen molar-refractivity contribution >= 4 is 11.1 Å². The van der Waals surface area contributed by atoms with Gasteiger partial charge in [-0.15, -0.1) is 0 Å². The summed E-state index contributed by atoms with van der Waals surface area (Å²) in [7, 11) is 0. The maximum atomic E-state index is 4.51. The van der Waals surface area contributed by atoms with E-state index >= 15 is 0 Å². The Balaban J connectivity index is 0.00000184. The molecule has 158 valence electrons. The van der Waals surface area contributed by atoms with Gasteiger partial charge in [0.1, 0.15) is 0 Å². The van der Waals surface area contributed by atoms with Crippen LogP contribution in [-0.4, -0.2) is 0 Å². The first kappa shape index (κ1) is 26.7. The van der Waals surface area contributed by atoms with Crippen LogP contribution < -0.4 is 0 Å². The highest BCUT2D eigenvalue weighted by atomic mass is 14.2. The first-order valence-corrected chi connectivity index (χ1v) is 11.2. The summed E-state index contributed by atoms with van der Waals surface area (Å²) < 4.78 is 0. The standard InChI is InChI=1S/C25H30.2C2H6/c1-8-21(9-2)19(6)23-15-14-17(4)16-24(23)20(7)25-18(5)12-11-13-22(25)10-3;2*1-2/h8,11-16H,1,7,9-10H2,2-6H3;2*1-2H3/b21-19-;;. The van der Waals surface area contributed by atoms with Crippen molar-refractivity contribution in [2.45, 2.75) is 75.2 Å². The number of hydrogen-bond donors (Lipinski definition) is 0. The predicted octanol–water partition coefficient (Wildman–Crippen LogP) is 9.35. The zero-order chi connectivity index (χ0) is 22.6. The van der Waals surface area contributed by atoms with Gasteiger partial charge in [-0.2, -0.15) is 0 Å². The molecule has 2 aromatic rings. The summed E-state index contributed by atoms with van der Waals surface area (Å²) in [6.45, 7) is 27.4. The molecule has 0 N–H and O–H groups in total. The molecular weight excluding hydrogens is 348 g/mol. The SMILES string of the molecule is C=C/C(CC)=C(\C)c1ccc(C)cc1C(=C)c1c(C)cccc1CC.CC.CC. The Kier molecular flexibility index (Phi) is 12.7. The largest absolute Gasteiger partial charge is 0.0988 e. The van der Waals surface area contributed by atoms with E-state index < -0.39 is 0 Å². The van der Waals surface area contributed by atoms with Gasteiger partial charge in [0.15, 0.2) is 0 Å². The summed E-state index contributed by atoms with van der Waals surface area (Å²) >= 11 is 0. The highest BCUT2D eigenvalue weighted by Crippen LogP contribution is 2.35. The van der Waals surface area contributed by atoms with Crippen LogP contribution in [0.15, 0.2) is 61.2 Å². The Morgan fingerprint density at radius 3 is 2.07 bits per heavy atom. The second-order valence-electron chi connectivity index (χ2n) is 6.70. The van der Waals surface area contributed by atoms with Crippen LogP contribution in [0.1, 0.15) is 88.3 Å². The number of hydrogen-bond acceptors (Lipinski definition) is 0. The van der Waals surface area contributed by atoms with Crippen LogP contribution >= 0.6 is 0 Å². The van der Waals surface area contributed by atoms with Crippen LogP contribution in [0.4, 0.5) is 0 Å². The maximum Gasteiger partial charge on any atom is -0.0106 e. The minimum Gasteiger partial charge on any atom is -0.0988 e. The lowest BCUT2D eigenvalue weighted by Gasteiger charge is -2.19. The average molecular weight is 391 g/mol. The summed E-state index contributed by atoms with van der Waals surface area (Å²) in [5.74, 6) is 0. The van der Waals surface area contributed by atoms with Gasteiger partial charge in [-0.1, -0.05) is 103 Å². The van der Waals surface area contributed by atoms with Crippen molar-refractivity contribution in [1.82, 2.24) is 0 Å². The summed E-state index contributed by atoms with van der Waals surface area (Å²) in [6, 6.07) is 13.2. The number of rotatable bonds is 6. The second-order valence-corrected chi connectivity index (χ2v) is 6.70. The van der Waals surface area contributed by atoms with Gasteiger partial charge in [-0.3, -0.25) is 0 Å². The Bertz CT molecular complexity index is 831. The van der Waals surface area contributed by atoms with E-state index in [0.717, 1.165) is 18.4 Å². The Morgan fingerprint density at radius 2 is 1.55 bits per heavy atom. The minimum absolute atomic E-state index is 0.986. The molecule has 0 nitrogen and oxygen atoms in total. The normalized spacial score (nSPS) is 10.7. The van der Waals surface area contributed by atoms with Gasteiger partial charge >= 0.3 is 0 Å². The third-order valence-electron chi connectivity index (χ3n) is 5.05. The number of aryl methyl sites for hydroxylation is 3. The van der Waals surface area contributed by atoms with E-state index in [9.17, 15) is 0 Å². The number of benzene rings is 2. The zero-order valence-electron chi connectivity index (χ0n) is 20.4. The maximum absolute atomic E-state index is 4.51. The molecule has 2 rings (SSSR count). The molecule has 0 aliphatic carbocycles. The molecule has 0 heteroatoms. The van der Waals surface area contributed by atoms with Crippen LogP contribution in [0, 0.1) is 13.8 Å². The van der Waals surface area contributed by atoms with Crippen molar-refractivity contribution < 1.29 is 0 Å². The molecule has 0 saturated carbocycles.